The third-order valence-corrected chi connectivity index (χ3v) is 7.06. The highest BCUT2D eigenvalue weighted by molar-refractivity contribution is 6.31. The van der Waals surface area contributed by atoms with Crippen molar-refractivity contribution in [2.24, 2.45) is 0 Å². The Balaban J connectivity index is 1.40. The van der Waals surface area contributed by atoms with Gasteiger partial charge in [0.15, 0.2) is 0 Å². The minimum Gasteiger partial charge on any atom is -0.376 e. The molecule has 0 bridgehead atoms. The maximum atomic E-state index is 13.3. The number of fused-ring (bicyclic) bond motifs is 1. The van der Waals surface area contributed by atoms with E-state index in [1.54, 1.807) is 6.20 Å². The molecule has 0 spiro atoms. The fraction of sp³-hybridized carbons (Fsp3) is 0.462. The number of hydrogen-bond donors (Lipinski definition) is 2. The highest BCUT2D eigenvalue weighted by Crippen LogP contribution is 2.28. The summed E-state index contributed by atoms with van der Waals surface area (Å²) >= 11 is 0. The van der Waals surface area contributed by atoms with E-state index in [9.17, 15) is 19.2 Å². The van der Waals surface area contributed by atoms with Gasteiger partial charge in [-0.3, -0.25) is 24.6 Å². The van der Waals surface area contributed by atoms with Crippen LogP contribution in [0.5, 0.6) is 0 Å². The summed E-state index contributed by atoms with van der Waals surface area (Å²) in [7, 11) is 0. The quantitative estimate of drug-likeness (QED) is 0.490. The average molecular weight is 479 g/mol. The Morgan fingerprint density at radius 2 is 1.89 bits per heavy atom. The molecule has 3 fully saturated rings. The molecule has 2 saturated heterocycles. The summed E-state index contributed by atoms with van der Waals surface area (Å²) in [5.74, 6) is -1.39. The normalized spacial score (nSPS) is 22.7. The first-order valence-corrected chi connectivity index (χ1v) is 12.4. The second-order valence-corrected chi connectivity index (χ2v) is 9.45. The van der Waals surface area contributed by atoms with Crippen LogP contribution in [0.1, 0.15) is 50.5 Å². The first-order valence-electron chi connectivity index (χ1n) is 12.4. The lowest BCUT2D eigenvalue weighted by atomic mass is 9.93. The lowest BCUT2D eigenvalue weighted by Crippen LogP contribution is -2.58. The van der Waals surface area contributed by atoms with Crippen molar-refractivity contribution in [2.75, 3.05) is 13.2 Å². The molecule has 1 aliphatic carbocycles. The van der Waals surface area contributed by atoms with Crippen LogP contribution < -0.4 is 10.6 Å². The second kappa shape index (κ2) is 10.0. The van der Waals surface area contributed by atoms with Crippen molar-refractivity contribution in [1.29, 1.82) is 0 Å². The summed E-state index contributed by atoms with van der Waals surface area (Å²) in [6.45, 7) is 1.31. The zero-order chi connectivity index (χ0) is 24.4. The molecule has 35 heavy (non-hydrogen) atoms. The molecular weight excluding hydrogens is 448 g/mol. The van der Waals surface area contributed by atoms with E-state index in [4.69, 9.17) is 4.74 Å². The molecule has 2 N–H and O–H groups in total. The number of ether oxygens (including phenoxy) is 1. The Hall–Kier alpha value is -3.46. The maximum absolute atomic E-state index is 13.3. The molecular formula is C26H30N4O5. The minimum atomic E-state index is -0.696. The van der Waals surface area contributed by atoms with Gasteiger partial charge >= 0.3 is 6.03 Å². The molecule has 2 aromatic rings. The van der Waals surface area contributed by atoms with Crippen LogP contribution in [-0.2, 0) is 25.7 Å². The number of hydrogen-bond acceptors (Lipinski definition) is 5. The van der Waals surface area contributed by atoms with Crippen molar-refractivity contribution in [1.82, 2.24) is 20.1 Å². The van der Waals surface area contributed by atoms with Gasteiger partial charge in [0.05, 0.1) is 6.10 Å². The van der Waals surface area contributed by atoms with E-state index in [2.05, 4.69) is 10.6 Å². The largest absolute Gasteiger partial charge is 0.376 e. The van der Waals surface area contributed by atoms with Crippen LogP contribution in [0.4, 0.5) is 4.79 Å². The molecule has 9 heteroatoms. The summed E-state index contributed by atoms with van der Waals surface area (Å²) in [6, 6.07) is 6.69. The number of para-hydroxylation sites is 1. The van der Waals surface area contributed by atoms with E-state index < -0.39 is 17.8 Å². The minimum absolute atomic E-state index is 0.0614. The Labute approximate surface area is 203 Å². The maximum Gasteiger partial charge on any atom is 0.331 e. The van der Waals surface area contributed by atoms with Crippen LogP contribution in [0, 0.1) is 0 Å². The van der Waals surface area contributed by atoms with Gasteiger partial charge < -0.3 is 14.6 Å². The van der Waals surface area contributed by atoms with E-state index in [-0.39, 0.29) is 30.2 Å². The van der Waals surface area contributed by atoms with Gasteiger partial charge in [0.2, 0.25) is 5.91 Å². The van der Waals surface area contributed by atoms with Crippen LogP contribution in [0.3, 0.4) is 0 Å². The molecule has 1 saturated carbocycles. The fourth-order valence-electron chi connectivity index (χ4n) is 5.26. The van der Waals surface area contributed by atoms with Crippen molar-refractivity contribution < 1.29 is 23.9 Å². The van der Waals surface area contributed by atoms with Gasteiger partial charge in [-0.15, -0.1) is 0 Å². The molecule has 1 aromatic carbocycles. The van der Waals surface area contributed by atoms with E-state index >= 15 is 0 Å². The number of barbiturate groups is 1. The van der Waals surface area contributed by atoms with Gasteiger partial charge in [-0.25, -0.2) is 4.79 Å². The summed E-state index contributed by atoms with van der Waals surface area (Å²) in [4.78, 5) is 52.2. The monoisotopic (exact) mass is 478 g/mol. The van der Waals surface area contributed by atoms with E-state index in [0.29, 0.717) is 12.1 Å². The molecule has 5 amide bonds. The molecule has 1 aromatic heterocycles. The second-order valence-electron chi connectivity index (χ2n) is 9.45. The van der Waals surface area contributed by atoms with Crippen molar-refractivity contribution >= 4 is 40.7 Å². The van der Waals surface area contributed by atoms with Gasteiger partial charge in [-0.2, -0.15) is 0 Å². The summed E-state index contributed by atoms with van der Waals surface area (Å²) in [5, 5.41) is 6.07. The zero-order valence-corrected chi connectivity index (χ0v) is 19.6. The predicted octanol–water partition coefficient (Wildman–Crippen LogP) is 2.73. The fourth-order valence-corrected chi connectivity index (χ4v) is 5.26. The lowest BCUT2D eigenvalue weighted by Gasteiger charge is -2.35. The van der Waals surface area contributed by atoms with E-state index in [0.717, 1.165) is 62.5 Å². The van der Waals surface area contributed by atoms with E-state index in [1.165, 1.54) is 11.0 Å². The zero-order valence-electron chi connectivity index (χ0n) is 19.6. The van der Waals surface area contributed by atoms with Gasteiger partial charge in [0, 0.05) is 41.9 Å². The third kappa shape index (κ3) is 4.86. The molecule has 2 aliphatic heterocycles. The Kier molecular flexibility index (Phi) is 6.68. The summed E-state index contributed by atoms with van der Waals surface area (Å²) in [6.07, 6.45) is 9.82. The van der Waals surface area contributed by atoms with Crippen LogP contribution in [0.25, 0.3) is 17.0 Å². The predicted molar refractivity (Wildman–Crippen MR) is 129 cm³/mol. The third-order valence-electron chi connectivity index (χ3n) is 7.06. The molecule has 1 atom stereocenters. The highest BCUT2D eigenvalue weighted by atomic mass is 16.5. The van der Waals surface area contributed by atoms with Gasteiger partial charge in [-0.05, 0) is 37.8 Å². The molecule has 184 valence electrons. The van der Waals surface area contributed by atoms with Crippen molar-refractivity contribution in [3.63, 3.8) is 0 Å². The van der Waals surface area contributed by atoms with Gasteiger partial charge in [-0.1, -0.05) is 37.5 Å². The number of rotatable bonds is 6. The number of aromatic nitrogens is 1. The van der Waals surface area contributed by atoms with Crippen molar-refractivity contribution in [3.8, 4) is 0 Å². The smallest absolute Gasteiger partial charge is 0.331 e. The number of nitrogens with one attached hydrogen (secondary N) is 2. The highest BCUT2D eigenvalue weighted by Gasteiger charge is 2.40. The average Bonchev–Trinajstić information content (AvgIpc) is 3.49. The van der Waals surface area contributed by atoms with E-state index in [1.807, 2.05) is 28.8 Å². The summed E-state index contributed by atoms with van der Waals surface area (Å²) in [5.41, 5.74) is 1.39. The number of carbonyl (C=O) groups excluding carboxylic acids is 4. The number of benzene rings is 1. The number of nitrogens with zero attached hydrogens (tertiary/aromatic N) is 2. The first kappa shape index (κ1) is 23.3. The Morgan fingerprint density at radius 1 is 1.09 bits per heavy atom. The van der Waals surface area contributed by atoms with Crippen LogP contribution in [-0.4, -0.2) is 58.5 Å². The van der Waals surface area contributed by atoms with Crippen LogP contribution in [0.15, 0.2) is 36.0 Å². The Bertz CT molecular complexity index is 1190. The number of amides is 5. The SMILES string of the molecule is O=C(Cn1cc(C=C2C(=O)NC(=O)N(C3CCCCC3)C2=O)c2ccccc21)NCC1CCCO1. The first-order chi connectivity index (χ1) is 17.0. The van der Waals surface area contributed by atoms with Gasteiger partial charge in [0.1, 0.15) is 12.1 Å². The topological polar surface area (TPSA) is 110 Å². The number of imide groups is 2. The molecule has 3 aliphatic rings. The molecule has 1 unspecified atom stereocenters. The molecule has 5 rings (SSSR count). The number of carbonyl (C=O) groups is 4. The lowest BCUT2D eigenvalue weighted by molar-refractivity contribution is -0.132. The van der Waals surface area contributed by atoms with Crippen molar-refractivity contribution in [3.05, 3.63) is 41.6 Å². The van der Waals surface area contributed by atoms with Crippen LogP contribution in [0.2, 0.25) is 0 Å². The Morgan fingerprint density at radius 3 is 2.66 bits per heavy atom. The number of urea groups is 1. The van der Waals surface area contributed by atoms with Crippen molar-refractivity contribution in [2.45, 2.75) is 63.6 Å². The molecule has 3 heterocycles. The molecule has 0 radical (unpaired) electrons. The standard InChI is InChI=1S/C26H30N4O5/c31-23(27-14-19-9-6-12-35-19)16-29-15-17(20-10-4-5-11-22(20)29)13-21-24(32)28-26(34)30(25(21)33)18-7-2-1-3-8-18/h4-5,10-11,13,15,18-19H,1-3,6-9,12,14,16H2,(H,27,31)(H,28,32,34). The molecule has 9 nitrogen and oxygen atoms in total. The van der Waals surface area contributed by atoms with Gasteiger partial charge in [0.25, 0.3) is 11.8 Å². The van der Waals surface area contributed by atoms with Crippen LogP contribution >= 0.6 is 0 Å². The summed E-state index contributed by atoms with van der Waals surface area (Å²) < 4.78 is 7.37.